The molecule has 0 radical (unpaired) electrons. The monoisotopic (exact) mass is 348 g/mol. The van der Waals surface area contributed by atoms with Gasteiger partial charge in [0.25, 0.3) is 0 Å². The number of carbonyl (C=O) groups is 1. The van der Waals surface area contributed by atoms with Crippen molar-refractivity contribution < 1.29 is 25.2 Å². The first-order chi connectivity index (χ1) is 11.4. The van der Waals surface area contributed by atoms with Crippen LogP contribution < -0.4 is 0 Å². The van der Waals surface area contributed by atoms with E-state index in [-0.39, 0.29) is 36.1 Å². The van der Waals surface area contributed by atoms with Crippen LogP contribution in [0, 0.1) is 29.1 Å². The van der Waals surface area contributed by atoms with Gasteiger partial charge in [-0.25, -0.2) is 0 Å². The minimum absolute atomic E-state index is 0.0257. The first-order valence-electron chi connectivity index (χ1n) is 9.15. The van der Waals surface area contributed by atoms with Crippen molar-refractivity contribution in [3.05, 3.63) is 23.3 Å². The Morgan fingerprint density at radius 1 is 1.20 bits per heavy atom. The first-order valence-corrected chi connectivity index (χ1v) is 9.15. The Labute approximate surface area is 148 Å². The van der Waals surface area contributed by atoms with E-state index in [0.717, 1.165) is 0 Å². The molecule has 0 aliphatic heterocycles. The number of aliphatic hydroxyl groups excluding tert-OH is 1. The van der Waals surface area contributed by atoms with Gasteiger partial charge in [-0.05, 0) is 30.4 Å². The van der Waals surface area contributed by atoms with E-state index in [1.807, 2.05) is 26.8 Å². The molecule has 4 rings (SSSR count). The van der Waals surface area contributed by atoms with E-state index in [0.29, 0.717) is 17.6 Å². The minimum Gasteiger partial charge on any atom is -0.392 e. The summed E-state index contributed by atoms with van der Waals surface area (Å²) in [5, 5.41) is 44.0. The average molecular weight is 348 g/mol. The maximum atomic E-state index is 12.7. The summed E-state index contributed by atoms with van der Waals surface area (Å²) < 4.78 is 0. The van der Waals surface area contributed by atoms with Gasteiger partial charge in [0.2, 0.25) is 0 Å². The molecule has 5 nitrogen and oxygen atoms in total. The van der Waals surface area contributed by atoms with Crippen LogP contribution in [0.3, 0.4) is 0 Å². The third kappa shape index (κ3) is 1.75. The molecule has 0 aromatic rings. The molecule has 0 unspecified atom stereocenters. The Kier molecular flexibility index (Phi) is 3.23. The zero-order chi connectivity index (χ0) is 18.6. The molecule has 2 fully saturated rings. The molecule has 0 amide bonds. The predicted octanol–water partition coefficient (Wildman–Crippen LogP) is 0.959. The number of hydrogen-bond donors (Lipinski definition) is 4. The second-order valence-corrected chi connectivity index (χ2v) is 9.38. The van der Waals surface area contributed by atoms with Gasteiger partial charge in [0, 0.05) is 29.6 Å². The third-order valence-corrected chi connectivity index (χ3v) is 7.92. The number of ketones is 1. The molecule has 2 saturated carbocycles. The highest BCUT2D eigenvalue weighted by Crippen LogP contribution is 2.74. The van der Waals surface area contributed by atoms with Crippen molar-refractivity contribution in [2.45, 2.75) is 57.3 Å². The van der Waals surface area contributed by atoms with Crippen LogP contribution in [0.4, 0.5) is 0 Å². The van der Waals surface area contributed by atoms with Crippen LogP contribution in [0.1, 0.15) is 40.5 Å². The van der Waals surface area contributed by atoms with Crippen LogP contribution >= 0.6 is 0 Å². The maximum absolute atomic E-state index is 12.7. The lowest BCUT2D eigenvalue weighted by molar-refractivity contribution is -0.177. The number of fused-ring (bicyclic) bond motifs is 5. The molecule has 0 aromatic carbocycles. The summed E-state index contributed by atoms with van der Waals surface area (Å²) in [7, 11) is 0. The van der Waals surface area contributed by atoms with E-state index < -0.39 is 28.6 Å². The van der Waals surface area contributed by atoms with Crippen molar-refractivity contribution in [1.29, 1.82) is 0 Å². The van der Waals surface area contributed by atoms with Crippen molar-refractivity contribution in [3.63, 3.8) is 0 Å². The van der Waals surface area contributed by atoms with Crippen molar-refractivity contribution >= 4 is 5.78 Å². The molecular formula is C20H28O5. The van der Waals surface area contributed by atoms with E-state index in [1.54, 1.807) is 13.0 Å². The number of aliphatic hydroxyl groups is 4. The normalized spacial score (nSPS) is 53.2. The largest absolute Gasteiger partial charge is 0.392 e. The molecular weight excluding hydrogens is 320 g/mol. The summed E-state index contributed by atoms with van der Waals surface area (Å²) in [4.78, 5) is 12.7. The zero-order valence-electron chi connectivity index (χ0n) is 15.3. The van der Waals surface area contributed by atoms with Crippen LogP contribution in [0.2, 0.25) is 0 Å². The lowest BCUT2D eigenvalue weighted by atomic mass is 9.60. The Morgan fingerprint density at radius 3 is 2.44 bits per heavy atom. The van der Waals surface area contributed by atoms with Gasteiger partial charge in [0.1, 0.15) is 5.60 Å². The second kappa shape index (κ2) is 4.63. The molecule has 138 valence electrons. The van der Waals surface area contributed by atoms with Gasteiger partial charge in [-0.1, -0.05) is 32.9 Å². The SMILES string of the molecule is CC1=C[C@H]2[C@@]3(O)[C@H](C)C[C@]4(O)[C@H]([C@@H]3C=C(CO)C[C@]2(O)C1=O)C4(C)C. The summed E-state index contributed by atoms with van der Waals surface area (Å²) >= 11 is 0. The van der Waals surface area contributed by atoms with E-state index in [9.17, 15) is 25.2 Å². The van der Waals surface area contributed by atoms with Crippen LogP contribution in [0.15, 0.2) is 23.3 Å². The Hall–Kier alpha value is -1.01. The predicted molar refractivity (Wildman–Crippen MR) is 91.4 cm³/mol. The smallest absolute Gasteiger partial charge is 0.190 e. The van der Waals surface area contributed by atoms with Crippen LogP contribution in [0.5, 0.6) is 0 Å². The van der Waals surface area contributed by atoms with E-state index in [1.165, 1.54) is 0 Å². The van der Waals surface area contributed by atoms with E-state index in [4.69, 9.17) is 0 Å². The highest BCUT2D eigenvalue weighted by Gasteiger charge is 2.80. The highest BCUT2D eigenvalue weighted by atomic mass is 16.3. The summed E-state index contributed by atoms with van der Waals surface area (Å²) in [6, 6.07) is 0. The van der Waals surface area contributed by atoms with Gasteiger partial charge in [0.05, 0.1) is 17.8 Å². The third-order valence-electron chi connectivity index (χ3n) is 7.92. The minimum atomic E-state index is -1.72. The molecule has 4 N–H and O–H groups in total. The van der Waals surface area contributed by atoms with Crippen molar-refractivity contribution in [2.24, 2.45) is 29.1 Å². The van der Waals surface area contributed by atoms with Gasteiger partial charge < -0.3 is 20.4 Å². The Bertz CT molecular complexity index is 722. The zero-order valence-corrected chi connectivity index (χ0v) is 15.3. The van der Waals surface area contributed by atoms with Crippen molar-refractivity contribution in [2.75, 3.05) is 6.61 Å². The topological polar surface area (TPSA) is 98.0 Å². The summed E-state index contributed by atoms with van der Waals surface area (Å²) in [6.07, 6.45) is 4.00. The van der Waals surface area contributed by atoms with Crippen LogP contribution in [-0.2, 0) is 4.79 Å². The molecule has 5 heteroatoms. The molecule has 0 spiro atoms. The average Bonchev–Trinajstić information content (AvgIpc) is 2.90. The van der Waals surface area contributed by atoms with Gasteiger partial charge >= 0.3 is 0 Å². The van der Waals surface area contributed by atoms with Crippen LogP contribution in [-0.4, -0.2) is 49.6 Å². The van der Waals surface area contributed by atoms with Crippen molar-refractivity contribution in [3.8, 4) is 0 Å². The molecule has 0 saturated heterocycles. The van der Waals surface area contributed by atoms with Gasteiger partial charge in [0.15, 0.2) is 5.78 Å². The fraction of sp³-hybridized carbons (Fsp3) is 0.750. The first kappa shape index (κ1) is 17.4. The lowest BCUT2D eigenvalue weighted by Gasteiger charge is -2.50. The molecule has 25 heavy (non-hydrogen) atoms. The highest BCUT2D eigenvalue weighted by molar-refractivity contribution is 6.04. The molecule has 4 aliphatic carbocycles. The fourth-order valence-corrected chi connectivity index (χ4v) is 6.40. The number of rotatable bonds is 1. The Morgan fingerprint density at radius 2 is 1.84 bits per heavy atom. The summed E-state index contributed by atoms with van der Waals surface area (Å²) in [5.74, 6) is -1.95. The molecule has 4 aliphatic rings. The van der Waals surface area contributed by atoms with E-state index in [2.05, 4.69) is 0 Å². The van der Waals surface area contributed by atoms with Gasteiger partial charge in [-0.3, -0.25) is 4.79 Å². The van der Waals surface area contributed by atoms with Gasteiger partial charge in [-0.15, -0.1) is 0 Å². The van der Waals surface area contributed by atoms with Crippen molar-refractivity contribution in [1.82, 2.24) is 0 Å². The maximum Gasteiger partial charge on any atom is 0.190 e. The van der Waals surface area contributed by atoms with E-state index >= 15 is 0 Å². The second-order valence-electron chi connectivity index (χ2n) is 9.38. The standard InChI is InChI=1S/C20H28O5/c1-10-5-14-18(23,16(10)22)8-12(9-21)6-13-15-17(3,4)19(15,24)7-11(2)20(13,14)25/h5-6,11,13-15,21,23-25H,7-9H2,1-4H3/t11-,13+,14-,15-,18-,19+,20-/m1/s1. The van der Waals surface area contributed by atoms with Crippen LogP contribution in [0.25, 0.3) is 0 Å². The number of Topliss-reactive ketones (excluding diaryl/α,β-unsaturated/α-hetero) is 1. The molecule has 7 atom stereocenters. The number of hydrogen-bond acceptors (Lipinski definition) is 5. The van der Waals surface area contributed by atoms with Gasteiger partial charge in [-0.2, -0.15) is 0 Å². The summed E-state index contributed by atoms with van der Waals surface area (Å²) in [6.45, 7) is 7.29. The molecule has 0 bridgehead atoms. The summed E-state index contributed by atoms with van der Waals surface area (Å²) in [5.41, 5.74) is -3.23. The fourth-order valence-electron chi connectivity index (χ4n) is 6.40. The Balaban J connectivity index is 1.92. The molecule has 0 aromatic heterocycles. The lowest BCUT2D eigenvalue weighted by Crippen LogP contribution is -2.60. The number of carbonyl (C=O) groups excluding carboxylic acids is 1. The molecule has 0 heterocycles. The quantitative estimate of drug-likeness (QED) is 0.529.